The van der Waals surface area contributed by atoms with E-state index in [1.54, 1.807) is 0 Å². The third-order valence-electron chi connectivity index (χ3n) is 3.00. The zero-order valence-corrected chi connectivity index (χ0v) is 12.2. The fourth-order valence-electron chi connectivity index (χ4n) is 1.87. The highest BCUT2D eigenvalue weighted by Gasteiger charge is 2.39. The standard InChI is InChI=1S/C16H14O8/c17-9-5-1-3-7-11(9)23-13(15(19)20)14(16(21)22)24-12-8-4-2-6-10(12)18/h1-8,13-14,17-18H,(H,19,20)(H,21,22). The van der Waals surface area contributed by atoms with E-state index in [0.29, 0.717) is 0 Å². The summed E-state index contributed by atoms with van der Waals surface area (Å²) in [5.41, 5.74) is 0. The van der Waals surface area contributed by atoms with Crippen molar-refractivity contribution in [3.63, 3.8) is 0 Å². The van der Waals surface area contributed by atoms with E-state index in [1.165, 1.54) is 48.5 Å². The Kier molecular flexibility index (Phi) is 5.10. The van der Waals surface area contributed by atoms with E-state index in [-0.39, 0.29) is 23.0 Å². The number of aromatic hydroxyl groups is 2. The second-order valence-corrected chi connectivity index (χ2v) is 4.69. The first-order chi connectivity index (χ1) is 11.4. The van der Waals surface area contributed by atoms with Crippen LogP contribution in [0.2, 0.25) is 0 Å². The SMILES string of the molecule is O=C(O)C(Oc1ccccc1O)C(Oc1ccccc1O)C(=O)O. The molecule has 2 aromatic rings. The average molecular weight is 334 g/mol. The number of carbonyl (C=O) groups is 2. The molecular weight excluding hydrogens is 320 g/mol. The lowest BCUT2D eigenvalue weighted by Crippen LogP contribution is -2.47. The van der Waals surface area contributed by atoms with Crippen LogP contribution in [0.25, 0.3) is 0 Å². The van der Waals surface area contributed by atoms with E-state index in [1.807, 2.05) is 0 Å². The molecule has 0 amide bonds. The summed E-state index contributed by atoms with van der Waals surface area (Å²) in [4.78, 5) is 22.8. The van der Waals surface area contributed by atoms with Crippen molar-refractivity contribution in [2.45, 2.75) is 12.2 Å². The maximum atomic E-state index is 11.4. The number of benzene rings is 2. The van der Waals surface area contributed by atoms with Gasteiger partial charge in [0, 0.05) is 0 Å². The number of hydrogen-bond donors (Lipinski definition) is 4. The summed E-state index contributed by atoms with van der Waals surface area (Å²) in [6.45, 7) is 0. The topological polar surface area (TPSA) is 134 Å². The van der Waals surface area contributed by atoms with Gasteiger partial charge in [0.25, 0.3) is 0 Å². The molecule has 0 aromatic heterocycles. The minimum Gasteiger partial charge on any atom is -0.504 e. The highest BCUT2D eigenvalue weighted by molar-refractivity contribution is 5.84. The van der Waals surface area contributed by atoms with Crippen molar-refractivity contribution in [1.82, 2.24) is 0 Å². The summed E-state index contributed by atoms with van der Waals surface area (Å²) in [6.07, 6.45) is -3.93. The molecule has 2 rings (SSSR count). The summed E-state index contributed by atoms with van der Waals surface area (Å²) >= 11 is 0. The molecule has 4 N–H and O–H groups in total. The van der Waals surface area contributed by atoms with Crippen molar-refractivity contribution in [1.29, 1.82) is 0 Å². The molecular formula is C16H14O8. The van der Waals surface area contributed by atoms with Crippen LogP contribution >= 0.6 is 0 Å². The summed E-state index contributed by atoms with van der Waals surface area (Å²) in [5.74, 6) is -4.35. The maximum Gasteiger partial charge on any atom is 0.349 e. The van der Waals surface area contributed by atoms with Crippen LogP contribution in [0, 0.1) is 0 Å². The molecule has 24 heavy (non-hydrogen) atoms. The number of phenolic OH excluding ortho intramolecular Hbond substituents is 2. The smallest absolute Gasteiger partial charge is 0.349 e. The highest BCUT2D eigenvalue weighted by atomic mass is 16.6. The second-order valence-electron chi connectivity index (χ2n) is 4.69. The molecule has 0 saturated heterocycles. The molecule has 0 radical (unpaired) electrons. The van der Waals surface area contributed by atoms with Crippen molar-refractivity contribution in [3.05, 3.63) is 48.5 Å². The van der Waals surface area contributed by atoms with Gasteiger partial charge in [-0.25, -0.2) is 9.59 Å². The molecule has 0 heterocycles. The summed E-state index contributed by atoms with van der Waals surface area (Å²) in [7, 11) is 0. The summed E-state index contributed by atoms with van der Waals surface area (Å²) in [5, 5.41) is 37.9. The maximum absolute atomic E-state index is 11.4. The lowest BCUT2D eigenvalue weighted by molar-refractivity contribution is -0.161. The largest absolute Gasteiger partial charge is 0.504 e. The van der Waals surface area contributed by atoms with Gasteiger partial charge < -0.3 is 29.9 Å². The molecule has 8 heteroatoms. The van der Waals surface area contributed by atoms with E-state index in [0.717, 1.165) is 0 Å². The molecule has 0 spiro atoms. The quantitative estimate of drug-likeness (QED) is 0.598. The molecule has 126 valence electrons. The molecule has 0 aliphatic carbocycles. The monoisotopic (exact) mass is 334 g/mol. The highest BCUT2D eigenvalue weighted by Crippen LogP contribution is 2.29. The number of para-hydroxylation sites is 4. The van der Waals surface area contributed by atoms with Crippen LogP contribution in [0.3, 0.4) is 0 Å². The molecule has 2 unspecified atom stereocenters. The lowest BCUT2D eigenvalue weighted by atomic mass is 10.2. The fourth-order valence-corrected chi connectivity index (χ4v) is 1.87. The number of carboxylic acid groups (broad SMARTS) is 2. The van der Waals surface area contributed by atoms with Gasteiger partial charge in [-0.05, 0) is 24.3 Å². The minimum atomic E-state index is -1.96. The normalized spacial score (nSPS) is 12.8. The second kappa shape index (κ2) is 7.23. The van der Waals surface area contributed by atoms with Crippen LogP contribution in [-0.4, -0.2) is 44.6 Å². The van der Waals surface area contributed by atoms with Crippen molar-refractivity contribution in [2.75, 3.05) is 0 Å². The predicted octanol–water partition coefficient (Wildman–Crippen LogP) is 1.46. The van der Waals surface area contributed by atoms with E-state index in [9.17, 15) is 30.0 Å². The van der Waals surface area contributed by atoms with Gasteiger partial charge in [-0.1, -0.05) is 24.3 Å². The van der Waals surface area contributed by atoms with Crippen molar-refractivity contribution < 1.29 is 39.5 Å². The predicted molar refractivity (Wildman–Crippen MR) is 80.3 cm³/mol. The van der Waals surface area contributed by atoms with Crippen molar-refractivity contribution in [3.8, 4) is 23.0 Å². The summed E-state index contributed by atoms with van der Waals surface area (Å²) in [6, 6.07) is 11.0. The van der Waals surface area contributed by atoms with Crippen LogP contribution in [0.4, 0.5) is 0 Å². The van der Waals surface area contributed by atoms with Gasteiger partial charge in [0.15, 0.2) is 23.0 Å². The van der Waals surface area contributed by atoms with Crippen LogP contribution in [0.1, 0.15) is 0 Å². The first-order valence-electron chi connectivity index (χ1n) is 6.75. The Labute approximate surface area is 136 Å². The van der Waals surface area contributed by atoms with Crippen molar-refractivity contribution in [2.24, 2.45) is 0 Å². The van der Waals surface area contributed by atoms with Crippen LogP contribution in [-0.2, 0) is 9.59 Å². The van der Waals surface area contributed by atoms with Gasteiger partial charge in [0.1, 0.15) is 0 Å². The third kappa shape index (κ3) is 3.86. The van der Waals surface area contributed by atoms with Crippen LogP contribution in [0.5, 0.6) is 23.0 Å². The van der Waals surface area contributed by atoms with Gasteiger partial charge >= 0.3 is 11.9 Å². The number of hydrogen-bond acceptors (Lipinski definition) is 6. The van der Waals surface area contributed by atoms with E-state index >= 15 is 0 Å². The number of ether oxygens (including phenoxy) is 2. The zero-order valence-electron chi connectivity index (χ0n) is 12.2. The molecule has 0 saturated carbocycles. The average Bonchev–Trinajstić information content (AvgIpc) is 2.53. The van der Waals surface area contributed by atoms with Crippen molar-refractivity contribution >= 4 is 11.9 Å². The van der Waals surface area contributed by atoms with Crippen LogP contribution in [0.15, 0.2) is 48.5 Å². The Morgan fingerprint density at radius 2 is 1.04 bits per heavy atom. The Bertz CT molecular complexity index is 679. The lowest BCUT2D eigenvalue weighted by Gasteiger charge is -2.23. The molecule has 0 aliphatic heterocycles. The number of phenols is 2. The molecule has 0 bridgehead atoms. The van der Waals surface area contributed by atoms with E-state index in [2.05, 4.69) is 0 Å². The number of aliphatic carboxylic acids is 2. The van der Waals surface area contributed by atoms with Gasteiger partial charge in [0.05, 0.1) is 0 Å². The molecule has 0 aliphatic rings. The zero-order chi connectivity index (χ0) is 17.7. The van der Waals surface area contributed by atoms with Gasteiger partial charge in [-0.2, -0.15) is 0 Å². The Morgan fingerprint density at radius 3 is 1.33 bits per heavy atom. The van der Waals surface area contributed by atoms with Crippen LogP contribution < -0.4 is 9.47 Å². The van der Waals surface area contributed by atoms with Gasteiger partial charge in [0.2, 0.25) is 12.2 Å². The fraction of sp³-hybridized carbons (Fsp3) is 0.125. The molecule has 2 aromatic carbocycles. The molecule has 2 atom stereocenters. The first-order valence-corrected chi connectivity index (χ1v) is 6.75. The Hall–Kier alpha value is -3.42. The summed E-state index contributed by atoms with van der Waals surface area (Å²) < 4.78 is 10.2. The molecule has 8 nitrogen and oxygen atoms in total. The van der Waals surface area contributed by atoms with Gasteiger partial charge in [-0.3, -0.25) is 0 Å². The Morgan fingerprint density at radius 1 is 0.708 bits per heavy atom. The van der Waals surface area contributed by atoms with E-state index in [4.69, 9.17) is 9.47 Å². The number of rotatable bonds is 7. The first kappa shape index (κ1) is 16.9. The Balaban J connectivity index is 2.31. The minimum absolute atomic E-state index is 0.211. The third-order valence-corrected chi connectivity index (χ3v) is 3.00. The van der Waals surface area contributed by atoms with E-state index < -0.39 is 24.1 Å². The number of carboxylic acids is 2. The molecule has 0 fully saturated rings. The van der Waals surface area contributed by atoms with Gasteiger partial charge in [-0.15, -0.1) is 0 Å².